The largest absolute Gasteiger partial charge is 0.419 e. The molecule has 0 saturated heterocycles. The molecule has 0 fully saturated rings. The number of alkyl halides is 3. The van der Waals surface area contributed by atoms with E-state index in [2.05, 4.69) is 10.3 Å². The van der Waals surface area contributed by atoms with Crippen molar-refractivity contribution in [3.05, 3.63) is 59.2 Å². The summed E-state index contributed by atoms with van der Waals surface area (Å²) in [7, 11) is 0. The summed E-state index contributed by atoms with van der Waals surface area (Å²) in [5.41, 5.74) is -1.37. The summed E-state index contributed by atoms with van der Waals surface area (Å²) in [6.07, 6.45) is -3.36. The molecule has 1 heterocycles. The Morgan fingerprint density at radius 3 is 2.52 bits per heavy atom. The molecule has 0 aliphatic rings. The first-order chi connectivity index (χ1) is 9.80. The Labute approximate surface area is 117 Å². The van der Waals surface area contributed by atoms with E-state index >= 15 is 0 Å². The van der Waals surface area contributed by atoms with Crippen LogP contribution in [0.25, 0.3) is 0 Å². The number of hydrogen-bond acceptors (Lipinski definition) is 2. The Bertz CT molecular complexity index is 683. The Balaban J connectivity index is 2.35. The second-order valence-electron chi connectivity index (χ2n) is 4.26. The van der Waals surface area contributed by atoms with E-state index in [1.165, 1.54) is 12.3 Å². The number of anilines is 1. The van der Waals surface area contributed by atoms with E-state index < -0.39 is 29.0 Å². The lowest BCUT2D eigenvalue weighted by Gasteiger charge is -2.12. The molecule has 0 aliphatic heterocycles. The quantitative estimate of drug-likeness (QED) is 0.857. The predicted molar refractivity (Wildman–Crippen MR) is 68.3 cm³/mol. The van der Waals surface area contributed by atoms with Crippen LogP contribution < -0.4 is 5.32 Å². The van der Waals surface area contributed by atoms with E-state index in [9.17, 15) is 22.4 Å². The van der Waals surface area contributed by atoms with Gasteiger partial charge in [-0.1, -0.05) is 6.07 Å². The molecule has 0 spiro atoms. The molecule has 0 saturated carbocycles. The van der Waals surface area contributed by atoms with Crippen molar-refractivity contribution < 1.29 is 22.4 Å². The molecule has 0 radical (unpaired) electrons. The van der Waals surface area contributed by atoms with Crippen LogP contribution in [0.4, 0.5) is 23.2 Å². The van der Waals surface area contributed by atoms with Crippen LogP contribution in [0.1, 0.15) is 21.6 Å². The zero-order chi connectivity index (χ0) is 15.6. The molecule has 1 amide bonds. The van der Waals surface area contributed by atoms with Gasteiger partial charge in [-0.3, -0.25) is 9.78 Å². The fraction of sp³-hybridized carbons (Fsp3) is 0.143. The van der Waals surface area contributed by atoms with Crippen LogP contribution in [0.15, 0.2) is 36.5 Å². The summed E-state index contributed by atoms with van der Waals surface area (Å²) in [4.78, 5) is 15.8. The van der Waals surface area contributed by atoms with Crippen molar-refractivity contribution >= 4 is 11.6 Å². The van der Waals surface area contributed by atoms with Crippen LogP contribution in [0.2, 0.25) is 0 Å². The van der Waals surface area contributed by atoms with Crippen molar-refractivity contribution in [3.63, 3.8) is 0 Å². The number of carbonyl (C=O) groups excluding carboxylic acids is 1. The normalized spacial score (nSPS) is 11.3. The highest BCUT2D eigenvalue weighted by Crippen LogP contribution is 2.32. The Morgan fingerprint density at radius 1 is 1.19 bits per heavy atom. The molecule has 7 heteroatoms. The van der Waals surface area contributed by atoms with E-state index in [0.717, 1.165) is 12.1 Å². The zero-order valence-electron chi connectivity index (χ0n) is 10.8. The van der Waals surface area contributed by atoms with Crippen molar-refractivity contribution in [3.8, 4) is 0 Å². The van der Waals surface area contributed by atoms with Gasteiger partial charge in [0.05, 0.1) is 22.5 Å². The first kappa shape index (κ1) is 15.0. The summed E-state index contributed by atoms with van der Waals surface area (Å²) in [6, 6.07) is 5.63. The molecule has 1 aromatic heterocycles. The number of nitrogens with zero attached hydrogens (tertiary/aromatic N) is 1. The van der Waals surface area contributed by atoms with Crippen LogP contribution in [0.3, 0.4) is 0 Å². The monoisotopic (exact) mass is 298 g/mol. The highest BCUT2D eigenvalue weighted by atomic mass is 19.4. The first-order valence-electron chi connectivity index (χ1n) is 5.89. The number of nitrogens with one attached hydrogen (secondary N) is 1. The Morgan fingerprint density at radius 2 is 1.90 bits per heavy atom. The zero-order valence-corrected chi connectivity index (χ0v) is 10.8. The van der Waals surface area contributed by atoms with Crippen LogP contribution >= 0.6 is 0 Å². The lowest BCUT2D eigenvalue weighted by molar-refractivity contribution is -0.140. The van der Waals surface area contributed by atoms with Gasteiger partial charge in [-0.2, -0.15) is 13.2 Å². The second-order valence-corrected chi connectivity index (χ2v) is 4.26. The predicted octanol–water partition coefficient (Wildman–Crippen LogP) is 3.80. The number of halogens is 4. The molecule has 0 bridgehead atoms. The van der Waals surface area contributed by atoms with Gasteiger partial charge in [0, 0.05) is 6.20 Å². The topological polar surface area (TPSA) is 42.0 Å². The van der Waals surface area contributed by atoms with Crippen molar-refractivity contribution in [2.75, 3.05) is 5.32 Å². The van der Waals surface area contributed by atoms with Gasteiger partial charge < -0.3 is 5.32 Å². The number of aromatic nitrogens is 1. The molecular weight excluding hydrogens is 288 g/mol. The number of carbonyl (C=O) groups is 1. The molecule has 110 valence electrons. The number of amides is 1. The minimum absolute atomic E-state index is 0.305. The van der Waals surface area contributed by atoms with Gasteiger partial charge in [0.1, 0.15) is 5.82 Å². The number of aryl methyl sites for hydroxylation is 1. The van der Waals surface area contributed by atoms with E-state index in [1.54, 1.807) is 13.0 Å². The maximum absolute atomic E-state index is 13.8. The van der Waals surface area contributed by atoms with Gasteiger partial charge in [-0.05, 0) is 31.2 Å². The fourth-order valence-electron chi connectivity index (χ4n) is 1.73. The van der Waals surface area contributed by atoms with E-state index in [4.69, 9.17) is 0 Å². The second kappa shape index (κ2) is 5.51. The third-order valence-electron chi connectivity index (χ3n) is 2.80. The van der Waals surface area contributed by atoms with Crippen LogP contribution in [0.5, 0.6) is 0 Å². The van der Waals surface area contributed by atoms with Gasteiger partial charge in [0.15, 0.2) is 0 Å². The molecule has 2 rings (SSSR count). The summed E-state index contributed by atoms with van der Waals surface area (Å²) in [5.74, 6) is -2.56. The number of rotatable bonds is 2. The minimum atomic E-state index is -4.86. The Kier molecular flexibility index (Phi) is 3.93. The average molecular weight is 298 g/mol. The summed E-state index contributed by atoms with van der Waals surface area (Å²) in [5, 5.41) is 2.34. The van der Waals surface area contributed by atoms with Gasteiger partial charge in [0.2, 0.25) is 0 Å². The van der Waals surface area contributed by atoms with Crippen molar-refractivity contribution in [2.45, 2.75) is 13.1 Å². The maximum atomic E-state index is 13.8. The summed E-state index contributed by atoms with van der Waals surface area (Å²) < 4.78 is 51.6. The molecule has 3 nitrogen and oxygen atoms in total. The molecule has 0 atom stereocenters. The molecule has 2 aromatic rings. The molecule has 1 N–H and O–H groups in total. The highest BCUT2D eigenvalue weighted by Gasteiger charge is 2.35. The van der Waals surface area contributed by atoms with Crippen LogP contribution in [-0.2, 0) is 6.18 Å². The maximum Gasteiger partial charge on any atom is 0.419 e. The fourth-order valence-corrected chi connectivity index (χ4v) is 1.73. The highest BCUT2D eigenvalue weighted by molar-refractivity contribution is 6.04. The lowest BCUT2D eigenvalue weighted by Crippen LogP contribution is -2.18. The third-order valence-corrected chi connectivity index (χ3v) is 2.80. The summed E-state index contributed by atoms with van der Waals surface area (Å²) >= 11 is 0. The smallest absolute Gasteiger partial charge is 0.320 e. The Hall–Kier alpha value is -2.44. The van der Waals surface area contributed by atoms with E-state index in [0.29, 0.717) is 17.4 Å². The molecule has 0 aliphatic carbocycles. The van der Waals surface area contributed by atoms with Gasteiger partial charge >= 0.3 is 6.18 Å². The van der Waals surface area contributed by atoms with E-state index in [-0.39, 0.29) is 0 Å². The average Bonchev–Trinajstić information content (AvgIpc) is 2.40. The SMILES string of the molecule is Cc1ncccc1NC(=O)c1cccc(C(F)(F)F)c1F. The standard InChI is InChI=1S/C14H10F4N2O/c1-8-11(6-3-7-19-8)20-13(21)9-4-2-5-10(12(9)15)14(16,17)18/h2-7H,1H3,(H,20,21). The van der Waals surface area contributed by atoms with Crippen molar-refractivity contribution in [1.82, 2.24) is 4.98 Å². The molecule has 0 unspecified atom stereocenters. The van der Waals surface area contributed by atoms with Crippen LogP contribution in [0, 0.1) is 12.7 Å². The van der Waals surface area contributed by atoms with Gasteiger partial charge in [-0.15, -0.1) is 0 Å². The first-order valence-corrected chi connectivity index (χ1v) is 5.89. The number of pyridine rings is 1. The van der Waals surface area contributed by atoms with E-state index in [1.807, 2.05) is 0 Å². The lowest BCUT2D eigenvalue weighted by atomic mass is 10.1. The van der Waals surface area contributed by atoms with Gasteiger partial charge in [-0.25, -0.2) is 4.39 Å². The minimum Gasteiger partial charge on any atom is -0.320 e. The molecular formula is C14H10F4N2O. The van der Waals surface area contributed by atoms with Gasteiger partial charge in [0.25, 0.3) is 5.91 Å². The third kappa shape index (κ3) is 3.18. The van der Waals surface area contributed by atoms with Crippen LogP contribution in [-0.4, -0.2) is 10.9 Å². The van der Waals surface area contributed by atoms with Crippen molar-refractivity contribution in [1.29, 1.82) is 0 Å². The number of benzene rings is 1. The summed E-state index contributed by atoms with van der Waals surface area (Å²) in [6.45, 7) is 1.61. The van der Waals surface area contributed by atoms with Crippen molar-refractivity contribution in [2.24, 2.45) is 0 Å². The molecule has 21 heavy (non-hydrogen) atoms. The molecule has 1 aromatic carbocycles. The number of hydrogen-bond donors (Lipinski definition) is 1.